The summed E-state index contributed by atoms with van der Waals surface area (Å²) in [4.78, 5) is 41.3. The molecular weight excluding hydrogens is 430 g/mol. The van der Waals surface area contributed by atoms with E-state index in [-0.39, 0.29) is 35.2 Å². The number of nitrogens with two attached hydrogens (primary N) is 1. The van der Waals surface area contributed by atoms with E-state index in [9.17, 15) is 23.2 Å². The lowest BCUT2D eigenvalue weighted by molar-refractivity contribution is 0.0986. The predicted octanol–water partition coefficient (Wildman–Crippen LogP) is 3.16. The average molecular weight is 449 g/mol. The quantitative estimate of drug-likeness (QED) is 0.565. The predicted molar refractivity (Wildman–Crippen MR) is 115 cm³/mol. The van der Waals surface area contributed by atoms with Crippen LogP contribution in [0.25, 0.3) is 0 Å². The Labute approximate surface area is 180 Å². The highest BCUT2D eigenvalue weighted by Crippen LogP contribution is 2.25. The number of nitrogen functional groups attached to an aromatic ring is 1. The lowest BCUT2D eigenvalue weighted by Gasteiger charge is -2.24. The van der Waals surface area contributed by atoms with Gasteiger partial charge in [-0.25, -0.2) is 13.6 Å². The summed E-state index contributed by atoms with van der Waals surface area (Å²) < 4.78 is 28.3. The van der Waals surface area contributed by atoms with E-state index in [1.165, 1.54) is 0 Å². The van der Waals surface area contributed by atoms with Gasteiger partial charge in [-0.2, -0.15) is 0 Å². The van der Waals surface area contributed by atoms with Crippen LogP contribution in [-0.4, -0.2) is 22.0 Å². The molecule has 162 valence electrons. The summed E-state index contributed by atoms with van der Waals surface area (Å²) in [6, 6.07) is 10.2. The van der Waals surface area contributed by atoms with Crippen LogP contribution < -0.4 is 21.9 Å². The fraction of sp³-hybridized carbons (Fsp3) is 0.190. The first-order valence-corrected chi connectivity index (χ1v) is 9.75. The van der Waals surface area contributed by atoms with Gasteiger partial charge in [0.25, 0.3) is 11.5 Å². The minimum absolute atomic E-state index is 0.0188. The molecule has 1 heterocycles. The SMILES string of the molecule is CCCN(C(=O)c1cc(F)c(F)cc1Cl)c1c(N)n(Cc2ccccc2)c(=O)[nH]c1=O. The smallest absolute Gasteiger partial charge is 0.330 e. The Kier molecular flexibility index (Phi) is 6.55. The molecule has 0 spiro atoms. The third kappa shape index (κ3) is 4.51. The molecule has 0 fully saturated rings. The number of nitrogens with one attached hydrogen (secondary N) is 1. The molecule has 3 N–H and O–H groups in total. The highest BCUT2D eigenvalue weighted by molar-refractivity contribution is 6.34. The van der Waals surface area contributed by atoms with Crippen LogP contribution in [-0.2, 0) is 6.54 Å². The van der Waals surface area contributed by atoms with Crippen LogP contribution in [0.2, 0.25) is 5.02 Å². The van der Waals surface area contributed by atoms with Crippen LogP contribution in [0.5, 0.6) is 0 Å². The third-order valence-corrected chi connectivity index (χ3v) is 4.91. The second kappa shape index (κ2) is 9.13. The van der Waals surface area contributed by atoms with E-state index in [2.05, 4.69) is 4.98 Å². The average Bonchev–Trinajstić information content (AvgIpc) is 2.73. The molecule has 31 heavy (non-hydrogen) atoms. The van der Waals surface area contributed by atoms with Gasteiger partial charge in [0.15, 0.2) is 17.3 Å². The number of aromatic nitrogens is 2. The summed E-state index contributed by atoms with van der Waals surface area (Å²) >= 11 is 5.94. The molecule has 0 radical (unpaired) electrons. The van der Waals surface area contributed by atoms with Gasteiger partial charge in [0.2, 0.25) is 0 Å². The summed E-state index contributed by atoms with van der Waals surface area (Å²) in [5.41, 5.74) is 4.65. The van der Waals surface area contributed by atoms with Crippen molar-refractivity contribution in [1.29, 1.82) is 0 Å². The first-order chi connectivity index (χ1) is 14.7. The second-order valence-electron chi connectivity index (χ2n) is 6.77. The molecule has 1 amide bonds. The molecule has 0 atom stereocenters. The summed E-state index contributed by atoms with van der Waals surface area (Å²) in [5.74, 6) is -3.57. The maximum atomic E-state index is 13.7. The molecule has 3 aromatic rings. The number of nitrogens with zero attached hydrogens (tertiary/aromatic N) is 2. The minimum atomic E-state index is -1.26. The first kappa shape index (κ1) is 22.2. The van der Waals surface area contributed by atoms with Crippen molar-refractivity contribution in [2.75, 3.05) is 17.2 Å². The maximum Gasteiger partial charge on any atom is 0.330 e. The number of anilines is 2. The van der Waals surface area contributed by atoms with Crippen molar-refractivity contribution in [3.63, 3.8) is 0 Å². The Morgan fingerprint density at radius 2 is 1.81 bits per heavy atom. The van der Waals surface area contributed by atoms with Crippen molar-refractivity contribution in [3.05, 3.63) is 91.1 Å². The molecule has 0 bridgehead atoms. The van der Waals surface area contributed by atoms with Crippen molar-refractivity contribution >= 4 is 29.0 Å². The Morgan fingerprint density at radius 3 is 2.45 bits per heavy atom. The largest absolute Gasteiger partial charge is 0.383 e. The maximum absolute atomic E-state index is 13.7. The van der Waals surface area contributed by atoms with Gasteiger partial charge < -0.3 is 10.6 Å². The molecule has 0 aliphatic heterocycles. The van der Waals surface area contributed by atoms with E-state index < -0.39 is 28.8 Å². The molecule has 0 unspecified atom stereocenters. The topological polar surface area (TPSA) is 101 Å². The molecule has 2 aromatic carbocycles. The number of carbonyl (C=O) groups is 1. The number of H-pyrrole nitrogens is 1. The molecule has 0 aliphatic rings. The fourth-order valence-electron chi connectivity index (χ4n) is 3.13. The number of aromatic amines is 1. The number of carbonyl (C=O) groups excluding carboxylic acids is 1. The van der Waals surface area contributed by atoms with E-state index >= 15 is 0 Å². The minimum Gasteiger partial charge on any atom is -0.383 e. The van der Waals surface area contributed by atoms with Gasteiger partial charge >= 0.3 is 5.69 Å². The van der Waals surface area contributed by atoms with Gasteiger partial charge in [-0.1, -0.05) is 48.9 Å². The Bertz CT molecular complexity index is 1240. The van der Waals surface area contributed by atoms with Crippen molar-refractivity contribution in [2.45, 2.75) is 19.9 Å². The number of hydrogen-bond acceptors (Lipinski definition) is 4. The molecule has 0 aliphatic carbocycles. The number of hydrogen-bond donors (Lipinski definition) is 2. The van der Waals surface area contributed by atoms with E-state index in [4.69, 9.17) is 17.3 Å². The molecule has 10 heteroatoms. The van der Waals surface area contributed by atoms with Crippen LogP contribution in [0.3, 0.4) is 0 Å². The van der Waals surface area contributed by atoms with E-state index in [0.717, 1.165) is 15.0 Å². The van der Waals surface area contributed by atoms with Crippen molar-refractivity contribution in [3.8, 4) is 0 Å². The van der Waals surface area contributed by atoms with Crippen molar-refractivity contribution in [1.82, 2.24) is 9.55 Å². The Balaban J connectivity index is 2.14. The van der Waals surface area contributed by atoms with Crippen LogP contribution in [0.15, 0.2) is 52.1 Å². The van der Waals surface area contributed by atoms with Crippen LogP contribution in [0, 0.1) is 11.6 Å². The standard InChI is InChI=1S/C21H19ClF2N4O3/c1-2-8-27(20(30)13-9-15(23)16(24)10-14(13)22)17-18(25)28(21(31)26-19(17)29)11-12-6-4-3-5-7-12/h3-7,9-10H,2,8,11,25H2,1H3,(H,26,29,31). The number of amides is 1. The lowest BCUT2D eigenvalue weighted by atomic mass is 10.1. The summed E-state index contributed by atoms with van der Waals surface area (Å²) in [6.07, 6.45) is 0.406. The molecule has 1 aromatic heterocycles. The number of benzene rings is 2. The van der Waals surface area contributed by atoms with E-state index in [0.29, 0.717) is 18.6 Å². The highest BCUT2D eigenvalue weighted by Gasteiger charge is 2.27. The van der Waals surface area contributed by atoms with Crippen molar-refractivity contribution < 1.29 is 13.6 Å². The number of rotatable bonds is 6. The Morgan fingerprint density at radius 1 is 1.16 bits per heavy atom. The second-order valence-corrected chi connectivity index (χ2v) is 7.18. The molecule has 3 rings (SSSR count). The summed E-state index contributed by atoms with van der Waals surface area (Å²) in [5, 5.41) is -0.322. The van der Waals surface area contributed by atoms with E-state index in [1.54, 1.807) is 37.3 Å². The van der Waals surface area contributed by atoms with Gasteiger partial charge in [0, 0.05) is 6.54 Å². The lowest BCUT2D eigenvalue weighted by Crippen LogP contribution is -2.41. The van der Waals surface area contributed by atoms with Gasteiger partial charge in [-0.3, -0.25) is 19.1 Å². The zero-order valence-corrected chi connectivity index (χ0v) is 17.2. The molecule has 0 saturated heterocycles. The normalized spacial score (nSPS) is 10.8. The summed E-state index contributed by atoms with van der Waals surface area (Å²) in [6.45, 7) is 1.82. The fourth-order valence-corrected chi connectivity index (χ4v) is 3.36. The van der Waals surface area contributed by atoms with Gasteiger partial charge in [-0.05, 0) is 24.1 Å². The highest BCUT2D eigenvalue weighted by atomic mass is 35.5. The van der Waals surface area contributed by atoms with Gasteiger partial charge in [0.05, 0.1) is 17.1 Å². The van der Waals surface area contributed by atoms with Crippen LogP contribution in [0.1, 0.15) is 29.3 Å². The summed E-state index contributed by atoms with van der Waals surface area (Å²) in [7, 11) is 0. The zero-order valence-electron chi connectivity index (χ0n) is 16.5. The third-order valence-electron chi connectivity index (χ3n) is 4.60. The molecule has 7 nitrogen and oxygen atoms in total. The van der Waals surface area contributed by atoms with E-state index in [1.807, 2.05) is 0 Å². The monoisotopic (exact) mass is 448 g/mol. The number of halogens is 3. The van der Waals surface area contributed by atoms with Crippen LogP contribution in [0.4, 0.5) is 20.3 Å². The first-order valence-electron chi connectivity index (χ1n) is 9.37. The van der Waals surface area contributed by atoms with Gasteiger partial charge in [0.1, 0.15) is 5.82 Å². The molecule has 0 saturated carbocycles. The van der Waals surface area contributed by atoms with Gasteiger partial charge in [-0.15, -0.1) is 0 Å². The Hall–Kier alpha value is -3.46. The zero-order chi connectivity index (χ0) is 22.7. The van der Waals surface area contributed by atoms with Crippen molar-refractivity contribution in [2.24, 2.45) is 0 Å². The van der Waals surface area contributed by atoms with Crippen LogP contribution >= 0.6 is 11.6 Å². The molecular formula is C21H19ClF2N4O3.